The monoisotopic (exact) mass is 421 g/mol. The molecular weight excluding hydrogens is 406 g/mol. The van der Waals surface area contributed by atoms with E-state index >= 15 is 0 Å². The van der Waals surface area contributed by atoms with Crippen molar-refractivity contribution in [2.45, 2.75) is 15.0 Å². The van der Waals surface area contributed by atoms with Crippen molar-refractivity contribution in [3.63, 3.8) is 0 Å². The van der Waals surface area contributed by atoms with Crippen LogP contribution in [0.2, 0.25) is 5.02 Å². The first-order chi connectivity index (χ1) is 12.8. The number of sulfonamides is 1. The van der Waals surface area contributed by atoms with Gasteiger partial charge in [0, 0.05) is 18.1 Å². The predicted octanol–water partition coefficient (Wildman–Crippen LogP) is 3.34. The third kappa shape index (κ3) is 3.25. The van der Waals surface area contributed by atoms with Gasteiger partial charge in [0.15, 0.2) is 9.84 Å². The Hall–Kier alpha value is -1.93. The molecule has 3 aromatic carbocycles. The van der Waals surface area contributed by atoms with Crippen LogP contribution in [0.5, 0.6) is 0 Å². The molecule has 0 radical (unpaired) electrons. The molecule has 27 heavy (non-hydrogen) atoms. The number of fused-ring (bicyclic) bond motifs is 1. The Bertz CT molecular complexity index is 1220. The van der Waals surface area contributed by atoms with Crippen molar-refractivity contribution in [3.05, 3.63) is 71.8 Å². The SMILES string of the molecule is O=S(=O)(c1ccc(Cl)cc1)C1CN(S(=O)(=O)c2ccc3ccccc3c2)C1. The minimum atomic E-state index is -3.73. The van der Waals surface area contributed by atoms with E-state index in [1.165, 1.54) is 28.6 Å². The second-order valence-electron chi connectivity index (χ2n) is 6.45. The van der Waals surface area contributed by atoms with Gasteiger partial charge in [-0.05, 0) is 47.2 Å². The molecule has 140 valence electrons. The Labute approximate surface area is 163 Å². The number of sulfone groups is 1. The zero-order chi connectivity index (χ0) is 19.2. The van der Waals surface area contributed by atoms with Crippen molar-refractivity contribution >= 4 is 42.2 Å². The molecule has 1 fully saturated rings. The molecular formula is C19H16ClNO4S2. The average molecular weight is 422 g/mol. The molecule has 0 amide bonds. The molecule has 1 aliphatic rings. The second kappa shape index (κ2) is 6.60. The van der Waals surface area contributed by atoms with Crippen LogP contribution in [0, 0.1) is 0 Å². The standard InChI is InChI=1S/C19H16ClNO4S2/c20-16-6-9-17(10-7-16)26(22,23)19-12-21(13-19)27(24,25)18-8-5-14-3-1-2-4-15(14)11-18/h1-11,19H,12-13H2. The van der Waals surface area contributed by atoms with Gasteiger partial charge in [0.1, 0.15) is 0 Å². The molecule has 0 spiro atoms. The first-order valence-corrected chi connectivity index (χ1v) is 11.6. The normalized spacial score (nSPS) is 16.3. The summed E-state index contributed by atoms with van der Waals surface area (Å²) in [4.78, 5) is 0.322. The summed E-state index contributed by atoms with van der Waals surface area (Å²) in [5.74, 6) is 0. The second-order valence-corrected chi connectivity index (χ2v) is 11.1. The summed E-state index contributed by atoms with van der Waals surface area (Å²) in [5.41, 5.74) is 0. The van der Waals surface area contributed by atoms with E-state index in [0.29, 0.717) is 5.02 Å². The molecule has 1 saturated heterocycles. The van der Waals surface area contributed by atoms with E-state index < -0.39 is 25.1 Å². The topological polar surface area (TPSA) is 71.5 Å². The minimum absolute atomic E-state index is 0.0554. The summed E-state index contributed by atoms with van der Waals surface area (Å²) >= 11 is 5.80. The van der Waals surface area contributed by atoms with Gasteiger partial charge in [0.25, 0.3) is 0 Å². The van der Waals surface area contributed by atoms with Crippen molar-refractivity contribution < 1.29 is 16.8 Å². The lowest BCUT2D eigenvalue weighted by atomic mass is 10.1. The van der Waals surface area contributed by atoms with Gasteiger partial charge in [-0.3, -0.25) is 0 Å². The van der Waals surface area contributed by atoms with Crippen LogP contribution >= 0.6 is 11.6 Å². The fourth-order valence-corrected chi connectivity index (χ4v) is 6.62. The summed E-state index contributed by atoms with van der Waals surface area (Å²) in [6.07, 6.45) is 0. The van der Waals surface area contributed by atoms with Gasteiger partial charge in [-0.15, -0.1) is 0 Å². The molecule has 3 aromatic rings. The van der Waals surface area contributed by atoms with Gasteiger partial charge < -0.3 is 0 Å². The van der Waals surface area contributed by atoms with Crippen LogP contribution in [0.1, 0.15) is 0 Å². The number of rotatable bonds is 4. The van der Waals surface area contributed by atoms with Gasteiger partial charge in [0.05, 0.1) is 15.0 Å². The highest BCUT2D eigenvalue weighted by Gasteiger charge is 2.44. The summed E-state index contributed by atoms with van der Waals surface area (Å²) < 4.78 is 52.1. The minimum Gasteiger partial charge on any atom is -0.223 e. The maximum absolute atomic E-state index is 12.8. The van der Waals surface area contributed by atoms with Crippen LogP contribution in [-0.4, -0.2) is 39.5 Å². The number of hydrogen-bond donors (Lipinski definition) is 0. The van der Waals surface area contributed by atoms with Crippen LogP contribution in [0.3, 0.4) is 0 Å². The third-order valence-electron chi connectivity index (χ3n) is 4.75. The quantitative estimate of drug-likeness (QED) is 0.647. The molecule has 1 aliphatic heterocycles. The van der Waals surface area contributed by atoms with Gasteiger partial charge >= 0.3 is 0 Å². The Balaban J connectivity index is 1.56. The fraction of sp³-hybridized carbons (Fsp3) is 0.158. The average Bonchev–Trinajstić information content (AvgIpc) is 2.60. The number of nitrogens with zero attached hydrogens (tertiary/aromatic N) is 1. The summed E-state index contributed by atoms with van der Waals surface area (Å²) in [5, 5.41) is 1.46. The highest BCUT2D eigenvalue weighted by Crippen LogP contribution is 2.30. The van der Waals surface area contributed by atoms with Crippen molar-refractivity contribution in [2.75, 3.05) is 13.1 Å². The van der Waals surface area contributed by atoms with Crippen LogP contribution < -0.4 is 0 Å². The summed E-state index contributed by atoms with van der Waals surface area (Å²) in [7, 11) is -7.32. The van der Waals surface area contributed by atoms with Crippen molar-refractivity contribution in [1.82, 2.24) is 4.31 Å². The molecule has 0 aliphatic carbocycles. The van der Waals surface area contributed by atoms with E-state index in [4.69, 9.17) is 11.6 Å². The fourth-order valence-electron chi connectivity index (χ4n) is 3.09. The molecule has 0 aromatic heterocycles. The van der Waals surface area contributed by atoms with E-state index in [-0.39, 0.29) is 22.9 Å². The van der Waals surface area contributed by atoms with Crippen molar-refractivity contribution in [2.24, 2.45) is 0 Å². The Kier molecular flexibility index (Phi) is 4.50. The highest BCUT2D eigenvalue weighted by molar-refractivity contribution is 7.92. The van der Waals surface area contributed by atoms with Crippen LogP contribution in [0.15, 0.2) is 76.5 Å². The predicted molar refractivity (Wildman–Crippen MR) is 105 cm³/mol. The lowest BCUT2D eigenvalue weighted by molar-refractivity contribution is 0.309. The summed E-state index contributed by atoms with van der Waals surface area (Å²) in [6, 6.07) is 18.3. The molecule has 0 unspecified atom stereocenters. The molecule has 0 saturated carbocycles. The van der Waals surface area contributed by atoms with E-state index in [2.05, 4.69) is 0 Å². The molecule has 4 rings (SSSR count). The van der Waals surface area contributed by atoms with E-state index in [1.54, 1.807) is 18.2 Å². The lowest BCUT2D eigenvalue weighted by Gasteiger charge is -2.37. The zero-order valence-electron chi connectivity index (χ0n) is 14.1. The summed E-state index contributed by atoms with van der Waals surface area (Å²) in [6.45, 7) is -0.111. The maximum atomic E-state index is 12.8. The first-order valence-electron chi connectivity index (χ1n) is 8.27. The van der Waals surface area contributed by atoms with Crippen LogP contribution in [0.25, 0.3) is 10.8 Å². The van der Waals surface area contributed by atoms with Gasteiger partial charge in [-0.2, -0.15) is 4.31 Å². The molecule has 8 heteroatoms. The van der Waals surface area contributed by atoms with Gasteiger partial charge in [0.2, 0.25) is 10.0 Å². The largest absolute Gasteiger partial charge is 0.243 e. The Morgan fingerprint density at radius 2 is 1.37 bits per heavy atom. The van der Waals surface area contributed by atoms with E-state index in [0.717, 1.165) is 10.8 Å². The van der Waals surface area contributed by atoms with Crippen molar-refractivity contribution in [1.29, 1.82) is 0 Å². The molecule has 5 nitrogen and oxygen atoms in total. The molecule has 0 atom stereocenters. The van der Waals surface area contributed by atoms with Gasteiger partial charge in [-0.25, -0.2) is 16.8 Å². The number of hydrogen-bond acceptors (Lipinski definition) is 4. The molecule has 0 bridgehead atoms. The molecule has 1 heterocycles. The van der Waals surface area contributed by atoms with Crippen molar-refractivity contribution in [3.8, 4) is 0 Å². The van der Waals surface area contributed by atoms with E-state index in [9.17, 15) is 16.8 Å². The highest BCUT2D eigenvalue weighted by atomic mass is 35.5. The number of halogens is 1. The number of benzene rings is 3. The Morgan fingerprint density at radius 1 is 0.778 bits per heavy atom. The van der Waals surface area contributed by atoms with Crippen LogP contribution in [0.4, 0.5) is 0 Å². The first kappa shape index (κ1) is 18.4. The van der Waals surface area contributed by atoms with Crippen LogP contribution in [-0.2, 0) is 19.9 Å². The smallest absolute Gasteiger partial charge is 0.223 e. The molecule has 0 N–H and O–H groups in total. The Morgan fingerprint density at radius 3 is 2.04 bits per heavy atom. The van der Waals surface area contributed by atoms with E-state index in [1.807, 2.05) is 24.3 Å². The zero-order valence-corrected chi connectivity index (χ0v) is 16.5. The third-order valence-corrected chi connectivity index (χ3v) is 8.94. The van der Waals surface area contributed by atoms with Gasteiger partial charge in [-0.1, -0.05) is 41.9 Å². The maximum Gasteiger partial charge on any atom is 0.243 e. The lowest BCUT2D eigenvalue weighted by Crippen LogP contribution is -2.56.